The van der Waals surface area contributed by atoms with Gasteiger partial charge in [-0.2, -0.15) is 0 Å². The van der Waals surface area contributed by atoms with Gasteiger partial charge in [-0.15, -0.1) is 0 Å². The van der Waals surface area contributed by atoms with Gasteiger partial charge in [0.25, 0.3) is 5.91 Å². The van der Waals surface area contributed by atoms with E-state index < -0.39 is 0 Å². The van der Waals surface area contributed by atoms with Crippen LogP contribution in [0.25, 0.3) is 11.1 Å². The van der Waals surface area contributed by atoms with Crippen molar-refractivity contribution in [1.82, 2.24) is 9.88 Å². The molecule has 1 aliphatic heterocycles. The Balaban J connectivity index is 1.85. The number of aryl methyl sites for hydroxylation is 1. The summed E-state index contributed by atoms with van der Waals surface area (Å²) in [5.41, 5.74) is 11.2. The maximum Gasteiger partial charge on any atom is 0.291 e. The number of hydrogen-bond acceptors (Lipinski definition) is 4. The zero-order chi connectivity index (χ0) is 17.6. The normalized spacial score (nSPS) is 18.0. The van der Waals surface area contributed by atoms with Gasteiger partial charge in [0.15, 0.2) is 0 Å². The van der Waals surface area contributed by atoms with Crippen LogP contribution >= 0.6 is 0 Å². The molecule has 0 saturated carbocycles. The smallest absolute Gasteiger partial charge is 0.291 e. The number of nitrogen functional groups attached to an aromatic ring is 1. The van der Waals surface area contributed by atoms with Crippen molar-refractivity contribution in [2.75, 3.05) is 18.8 Å². The number of anilines is 1. The largest absolute Gasteiger partial charge is 0.430 e. The molecule has 0 bridgehead atoms. The number of carbonyl (C=O) groups excluding carboxylic acids is 1. The monoisotopic (exact) mass is 341 g/mol. The lowest BCUT2D eigenvalue weighted by molar-refractivity contribution is 0.0695. The summed E-state index contributed by atoms with van der Waals surface area (Å²) in [6, 6.07) is 0. The lowest BCUT2D eigenvalue weighted by Crippen LogP contribution is -2.35. The third kappa shape index (κ3) is 2.70. The molecule has 1 amide bonds. The first-order chi connectivity index (χ1) is 12.1. The molecule has 2 aliphatic rings. The molecule has 0 radical (unpaired) electrons. The highest BCUT2D eigenvalue weighted by Crippen LogP contribution is 2.39. The molecule has 25 heavy (non-hydrogen) atoms. The Bertz CT molecular complexity index is 816. The van der Waals surface area contributed by atoms with Gasteiger partial charge in [-0.05, 0) is 62.0 Å². The minimum Gasteiger partial charge on any atom is -0.430 e. The van der Waals surface area contributed by atoms with Crippen LogP contribution in [0.3, 0.4) is 0 Å². The minimum absolute atomic E-state index is 0.0779. The predicted octanol–water partition coefficient (Wildman–Crippen LogP) is 4.04. The van der Waals surface area contributed by atoms with Gasteiger partial charge in [0.1, 0.15) is 0 Å². The SMILES string of the molecule is CC(C)c1nc2oc(C(=O)N3CCCCC3)c(N)c2c2c1CCCC2. The number of likely N-dealkylation sites (tertiary alicyclic amines) is 1. The van der Waals surface area contributed by atoms with Gasteiger partial charge in [0, 0.05) is 13.1 Å². The average Bonchev–Trinajstić information content (AvgIpc) is 2.98. The lowest BCUT2D eigenvalue weighted by atomic mass is 9.86. The Kier molecular flexibility index (Phi) is 4.18. The Morgan fingerprint density at radius 2 is 1.76 bits per heavy atom. The van der Waals surface area contributed by atoms with Gasteiger partial charge in [0.2, 0.25) is 11.5 Å². The third-order valence-electron chi connectivity index (χ3n) is 5.61. The van der Waals surface area contributed by atoms with E-state index in [1.807, 2.05) is 4.90 Å². The van der Waals surface area contributed by atoms with E-state index in [9.17, 15) is 4.79 Å². The first-order valence-corrected chi connectivity index (χ1v) is 9.60. The Hall–Kier alpha value is -2.04. The number of amides is 1. The molecular formula is C20H27N3O2. The van der Waals surface area contributed by atoms with Crippen molar-refractivity contribution in [3.63, 3.8) is 0 Å². The van der Waals surface area contributed by atoms with Gasteiger partial charge in [-0.25, -0.2) is 4.98 Å². The van der Waals surface area contributed by atoms with Crippen molar-refractivity contribution in [3.05, 3.63) is 22.6 Å². The van der Waals surface area contributed by atoms with E-state index in [0.29, 0.717) is 17.3 Å². The number of piperidine rings is 1. The zero-order valence-electron chi connectivity index (χ0n) is 15.2. The standard InChI is InChI=1S/C20H27N3O2/c1-12(2)17-14-9-5-4-8-13(14)15-16(21)18(25-19(15)22-17)20(24)23-10-6-3-7-11-23/h12H,3-11,21H2,1-2H3. The molecule has 4 rings (SSSR count). The topological polar surface area (TPSA) is 72.4 Å². The highest BCUT2D eigenvalue weighted by Gasteiger charge is 2.29. The maximum absolute atomic E-state index is 12.9. The Labute approximate surface area is 148 Å². The number of nitrogens with zero attached hydrogens (tertiary/aromatic N) is 2. The molecule has 3 heterocycles. The molecule has 2 aromatic heterocycles. The fraction of sp³-hybridized carbons (Fsp3) is 0.600. The Morgan fingerprint density at radius 3 is 2.44 bits per heavy atom. The van der Waals surface area contributed by atoms with Crippen LogP contribution in [0.5, 0.6) is 0 Å². The lowest BCUT2D eigenvalue weighted by Gasteiger charge is -2.25. The van der Waals surface area contributed by atoms with Crippen molar-refractivity contribution in [2.24, 2.45) is 0 Å². The number of carbonyl (C=O) groups is 1. The van der Waals surface area contributed by atoms with Crippen LogP contribution in [0.1, 0.15) is 79.2 Å². The van der Waals surface area contributed by atoms with Crippen LogP contribution in [0.4, 0.5) is 5.69 Å². The summed E-state index contributed by atoms with van der Waals surface area (Å²) in [5.74, 6) is 0.549. The number of pyridine rings is 1. The van der Waals surface area contributed by atoms with Crippen LogP contribution in [0.2, 0.25) is 0 Å². The highest BCUT2D eigenvalue weighted by atomic mass is 16.4. The van der Waals surface area contributed by atoms with Crippen LogP contribution in [-0.4, -0.2) is 28.9 Å². The van der Waals surface area contributed by atoms with Gasteiger partial charge < -0.3 is 15.1 Å². The number of furan rings is 1. The number of rotatable bonds is 2. The maximum atomic E-state index is 12.9. The molecule has 0 spiro atoms. The summed E-state index contributed by atoms with van der Waals surface area (Å²) < 4.78 is 5.94. The molecule has 5 heteroatoms. The van der Waals surface area contributed by atoms with Crippen LogP contribution in [-0.2, 0) is 12.8 Å². The van der Waals surface area contributed by atoms with Gasteiger partial charge in [0.05, 0.1) is 16.8 Å². The van der Waals surface area contributed by atoms with E-state index >= 15 is 0 Å². The Morgan fingerprint density at radius 1 is 1.08 bits per heavy atom. The number of nitrogens with two attached hydrogens (primary N) is 1. The fourth-order valence-electron chi connectivity index (χ4n) is 4.32. The molecule has 0 unspecified atom stereocenters. The third-order valence-corrected chi connectivity index (χ3v) is 5.61. The van der Waals surface area contributed by atoms with Crippen LogP contribution in [0, 0.1) is 0 Å². The van der Waals surface area contributed by atoms with Gasteiger partial charge in [-0.3, -0.25) is 4.79 Å². The minimum atomic E-state index is -0.0779. The number of aromatic nitrogens is 1. The van der Waals surface area contributed by atoms with Gasteiger partial charge in [-0.1, -0.05) is 13.8 Å². The average molecular weight is 341 g/mol. The van der Waals surface area contributed by atoms with E-state index in [0.717, 1.165) is 56.3 Å². The molecule has 1 saturated heterocycles. The molecule has 0 atom stereocenters. The summed E-state index contributed by atoms with van der Waals surface area (Å²) in [7, 11) is 0. The van der Waals surface area contributed by atoms with Crippen molar-refractivity contribution >= 4 is 22.7 Å². The highest BCUT2D eigenvalue weighted by molar-refractivity contribution is 6.06. The number of hydrogen-bond donors (Lipinski definition) is 1. The van der Waals surface area contributed by atoms with E-state index in [4.69, 9.17) is 15.1 Å². The first-order valence-electron chi connectivity index (χ1n) is 9.60. The molecule has 2 aromatic rings. The molecular weight excluding hydrogens is 314 g/mol. The summed E-state index contributed by atoms with van der Waals surface area (Å²) in [5, 5.41) is 0.888. The van der Waals surface area contributed by atoms with E-state index in [1.54, 1.807) is 0 Å². The van der Waals surface area contributed by atoms with E-state index in [-0.39, 0.29) is 11.7 Å². The van der Waals surface area contributed by atoms with E-state index in [1.165, 1.54) is 24.0 Å². The van der Waals surface area contributed by atoms with Crippen LogP contribution in [0.15, 0.2) is 4.42 Å². The predicted molar refractivity (Wildman–Crippen MR) is 98.9 cm³/mol. The summed E-state index contributed by atoms with van der Waals surface area (Å²) in [6.07, 6.45) is 7.68. The number of fused-ring (bicyclic) bond motifs is 3. The molecule has 1 aliphatic carbocycles. The van der Waals surface area contributed by atoms with Crippen LogP contribution < -0.4 is 5.73 Å². The molecule has 134 valence electrons. The molecule has 0 aromatic carbocycles. The second kappa shape index (κ2) is 6.36. The van der Waals surface area contributed by atoms with Gasteiger partial charge >= 0.3 is 0 Å². The van der Waals surface area contributed by atoms with Crippen molar-refractivity contribution in [3.8, 4) is 0 Å². The summed E-state index contributed by atoms with van der Waals surface area (Å²) >= 11 is 0. The fourth-order valence-corrected chi connectivity index (χ4v) is 4.32. The zero-order valence-corrected chi connectivity index (χ0v) is 15.2. The first kappa shape index (κ1) is 16.4. The van der Waals surface area contributed by atoms with E-state index in [2.05, 4.69) is 13.8 Å². The molecule has 5 nitrogen and oxygen atoms in total. The second-order valence-electron chi connectivity index (χ2n) is 7.69. The quantitative estimate of drug-likeness (QED) is 0.895. The summed E-state index contributed by atoms with van der Waals surface area (Å²) in [4.78, 5) is 19.5. The van der Waals surface area contributed by atoms with Crippen molar-refractivity contribution in [2.45, 2.75) is 64.7 Å². The molecule has 2 N–H and O–H groups in total. The molecule has 1 fully saturated rings. The van der Waals surface area contributed by atoms with Crippen molar-refractivity contribution in [1.29, 1.82) is 0 Å². The second-order valence-corrected chi connectivity index (χ2v) is 7.69. The summed E-state index contributed by atoms with van der Waals surface area (Å²) in [6.45, 7) is 5.90. The van der Waals surface area contributed by atoms with Crippen molar-refractivity contribution < 1.29 is 9.21 Å².